The number of carbonyl (C=O) groups is 2. The predicted molar refractivity (Wildman–Crippen MR) is 122 cm³/mol. The number of carbonyl (C=O) groups excluding carboxylic acids is 2. The number of rotatable bonds is 15. The van der Waals surface area contributed by atoms with Gasteiger partial charge in [0.1, 0.15) is 10.1 Å². The Morgan fingerprint density at radius 3 is 1.82 bits per heavy atom. The van der Waals surface area contributed by atoms with E-state index in [0.29, 0.717) is 19.3 Å². The average Bonchev–Trinajstić information content (AvgIpc) is 2.76. The van der Waals surface area contributed by atoms with E-state index in [1.807, 2.05) is 18.2 Å². The maximum atomic E-state index is 12.6. The maximum Gasteiger partial charge on any atom is 1.00 e. The van der Waals surface area contributed by atoms with Crippen molar-refractivity contribution in [3.63, 3.8) is 0 Å². The molecule has 0 spiro atoms. The summed E-state index contributed by atoms with van der Waals surface area (Å²) in [7, 11) is -5.00. The van der Waals surface area contributed by atoms with Gasteiger partial charge in [-0.05, 0) is 50.7 Å². The minimum atomic E-state index is -5.00. The maximum absolute atomic E-state index is 12.6. The van der Waals surface area contributed by atoms with Crippen LogP contribution in [0.15, 0.2) is 47.4 Å². The Kier molecular flexibility index (Phi) is 17.2. The summed E-state index contributed by atoms with van der Waals surface area (Å²) in [6.07, 6.45) is 14.6. The van der Waals surface area contributed by atoms with E-state index in [1.54, 1.807) is 0 Å². The molecule has 0 bridgehead atoms. The molecule has 0 unspecified atom stereocenters. The second kappa shape index (κ2) is 18.0. The second-order valence-corrected chi connectivity index (χ2v) is 8.56. The Morgan fingerprint density at radius 1 is 0.848 bits per heavy atom. The number of esters is 2. The minimum absolute atomic E-state index is 0. The fourth-order valence-electron chi connectivity index (χ4n) is 2.81. The Balaban J connectivity index is 0.0000102. The first-order valence-electron chi connectivity index (χ1n) is 11.1. The van der Waals surface area contributed by atoms with Crippen LogP contribution in [0.2, 0.25) is 0 Å². The minimum Gasteiger partial charge on any atom is -0.744 e. The van der Waals surface area contributed by atoms with Gasteiger partial charge in [-0.15, -0.1) is 0 Å². The van der Waals surface area contributed by atoms with Crippen molar-refractivity contribution >= 4 is 22.1 Å². The van der Waals surface area contributed by atoms with Gasteiger partial charge in [-0.25, -0.2) is 18.0 Å². The first-order valence-corrected chi connectivity index (χ1v) is 12.5. The third-order valence-corrected chi connectivity index (χ3v) is 5.34. The van der Waals surface area contributed by atoms with Gasteiger partial charge in [0.05, 0.1) is 29.2 Å². The Labute approximate surface area is 219 Å². The monoisotopic (exact) mass is 488 g/mol. The molecule has 9 heteroatoms. The average molecular weight is 489 g/mol. The number of hydrogen-bond donors (Lipinski definition) is 0. The van der Waals surface area contributed by atoms with Crippen LogP contribution in [0.25, 0.3) is 0 Å². The third-order valence-electron chi connectivity index (χ3n) is 4.46. The fourth-order valence-corrected chi connectivity index (χ4v) is 3.50. The van der Waals surface area contributed by atoms with E-state index >= 15 is 0 Å². The Hall–Kier alpha value is -1.45. The first kappa shape index (κ1) is 31.6. The van der Waals surface area contributed by atoms with Crippen molar-refractivity contribution < 1.29 is 61.6 Å². The van der Waals surface area contributed by atoms with Gasteiger partial charge in [0.15, 0.2) is 0 Å². The normalized spacial score (nSPS) is 11.5. The summed E-state index contributed by atoms with van der Waals surface area (Å²) in [5.74, 6) is -1.91. The van der Waals surface area contributed by atoms with Crippen LogP contribution < -0.4 is 29.6 Å². The van der Waals surface area contributed by atoms with E-state index in [9.17, 15) is 22.6 Å². The van der Waals surface area contributed by atoms with Crippen LogP contribution >= 0.6 is 0 Å². The number of unbranched alkanes of at least 4 members (excludes halogenated alkanes) is 4. The first-order chi connectivity index (χ1) is 15.3. The fraction of sp³-hybridized carbons (Fsp3) is 0.500. The molecule has 0 aliphatic carbocycles. The van der Waals surface area contributed by atoms with E-state index in [4.69, 9.17) is 9.47 Å². The van der Waals surface area contributed by atoms with Gasteiger partial charge in [-0.1, -0.05) is 57.1 Å². The molecule has 7 nitrogen and oxygen atoms in total. The van der Waals surface area contributed by atoms with E-state index < -0.39 is 32.5 Å². The molecule has 0 saturated heterocycles. The molecule has 178 valence electrons. The molecule has 1 rings (SSSR count). The van der Waals surface area contributed by atoms with E-state index in [0.717, 1.165) is 38.2 Å². The van der Waals surface area contributed by atoms with Crippen molar-refractivity contribution in [3.8, 4) is 0 Å². The van der Waals surface area contributed by atoms with Gasteiger partial charge in [0.2, 0.25) is 0 Å². The largest absolute Gasteiger partial charge is 1.00 e. The number of allylic oxidation sites excluding steroid dienone is 4. The van der Waals surface area contributed by atoms with Gasteiger partial charge in [0, 0.05) is 0 Å². The molecule has 1 aromatic rings. The molecule has 33 heavy (non-hydrogen) atoms. The Bertz CT molecular complexity index is 892. The van der Waals surface area contributed by atoms with Crippen LogP contribution in [-0.4, -0.2) is 38.1 Å². The van der Waals surface area contributed by atoms with Gasteiger partial charge in [0.25, 0.3) is 0 Å². The van der Waals surface area contributed by atoms with E-state index in [1.165, 1.54) is 12.1 Å². The SMILES string of the molecule is CCC/C=C/CCCOC(=O)c1cccc(S(=O)(=O)[O-])c1C(=O)OCCC/C=C/CCC.[Na+]. The molecule has 0 atom stereocenters. The van der Waals surface area contributed by atoms with Crippen molar-refractivity contribution in [2.75, 3.05) is 13.2 Å². The quantitative estimate of drug-likeness (QED) is 0.122. The summed E-state index contributed by atoms with van der Waals surface area (Å²) >= 11 is 0. The van der Waals surface area contributed by atoms with Crippen molar-refractivity contribution in [2.24, 2.45) is 0 Å². The molecule has 0 saturated carbocycles. The van der Waals surface area contributed by atoms with Crippen LogP contribution in [0.5, 0.6) is 0 Å². The summed E-state index contributed by atoms with van der Waals surface area (Å²) in [5, 5.41) is 0. The molecule has 1 aromatic carbocycles. The van der Waals surface area contributed by atoms with Crippen LogP contribution in [0, 0.1) is 0 Å². The zero-order valence-electron chi connectivity index (χ0n) is 19.9. The molecular weight excluding hydrogens is 455 g/mol. The summed E-state index contributed by atoms with van der Waals surface area (Å²) in [5.41, 5.74) is -0.867. The van der Waals surface area contributed by atoms with Crippen LogP contribution in [-0.2, 0) is 19.6 Å². The van der Waals surface area contributed by atoms with Crippen LogP contribution in [0.4, 0.5) is 0 Å². The standard InChI is InChI=1S/C24H34O7S.Na/c1-3-5-7-9-11-13-18-30-23(25)20-16-15-17-21(32(27,28)29)22(20)24(26)31-19-14-12-10-8-6-4-2;/h7-10,15-17H,3-6,11-14,18-19H2,1-2H3,(H,27,28,29);/q;+1/p-1/b9-7+,10-8+;. The van der Waals surface area contributed by atoms with E-state index in [2.05, 4.69) is 19.9 Å². The van der Waals surface area contributed by atoms with Gasteiger partial charge in [-0.2, -0.15) is 0 Å². The van der Waals surface area contributed by atoms with Gasteiger partial charge in [-0.3, -0.25) is 0 Å². The molecule has 0 aliphatic rings. The molecular formula is C24H33NaO7S. The van der Waals surface area contributed by atoms with Gasteiger partial charge >= 0.3 is 41.5 Å². The smallest absolute Gasteiger partial charge is 0.744 e. The summed E-state index contributed by atoms with van der Waals surface area (Å²) in [6, 6.07) is 3.47. The summed E-state index contributed by atoms with van der Waals surface area (Å²) in [6.45, 7) is 4.28. The molecule has 0 aliphatic heterocycles. The second-order valence-electron chi connectivity index (χ2n) is 7.21. The topological polar surface area (TPSA) is 110 Å². The van der Waals surface area contributed by atoms with Crippen molar-refractivity contribution in [1.82, 2.24) is 0 Å². The predicted octanol–water partition coefficient (Wildman–Crippen LogP) is 2.18. The molecule has 0 amide bonds. The van der Waals surface area contributed by atoms with Crippen molar-refractivity contribution in [1.29, 1.82) is 0 Å². The number of hydrogen-bond acceptors (Lipinski definition) is 7. The molecule has 0 aromatic heterocycles. The third kappa shape index (κ3) is 12.5. The summed E-state index contributed by atoms with van der Waals surface area (Å²) in [4.78, 5) is 24.3. The van der Waals surface area contributed by atoms with Crippen LogP contribution in [0.3, 0.4) is 0 Å². The number of ether oxygens (including phenoxy) is 2. The van der Waals surface area contributed by atoms with E-state index in [-0.39, 0.29) is 48.3 Å². The van der Waals surface area contributed by atoms with Crippen molar-refractivity contribution in [3.05, 3.63) is 53.6 Å². The molecule has 0 radical (unpaired) electrons. The zero-order valence-corrected chi connectivity index (χ0v) is 22.7. The number of benzene rings is 1. The Morgan fingerprint density at radius 2 is 1.33 bits per heavy atom. The van der Waals surface area contributed by atoms with Crippen LogP contribution in [0.1, 0.15) is 85.9 Å². The van der Waals surface area contributed by atoms with Gasteiger partial charge < -0.3 is 14.0 Å². The summed E-state index contributed by atoms with van der Waals surface area (Å²) < 4.78 is 45.3. The zero-order chi connectivity index (χ0) is 23.8. The molecule has 0 heterocycles. The van der Waals surface area contributed by atoms with Crippen molar-refractivity contribution in [2.45, 2.75) is 70.1 Å². The molecule has 0 fully saturated rings. The molecule has 0 N–H and O–H groups in total.